The molecule has 0 radical (unpaired) electrons. The predicted octanol–water partition coefficient (Wildman–Crippen LogP) is 5.25. The van der Waals surface area contributed by atoms with Crippen LogP contribution in [-0.2, 0) is 14.3 Å². The van der Waals surface area contributed by atoms with Gasteiger partial charge in [0.05, 0.1) is 18.0 Å². The van der Waals surface area contributed by atoms with Crippen molar-refractivity contribution < 1.29 is 29.0 Å². The fraction of sp³-hybridized carbons (Fsp3) is 0.467. The van der Waals surface area contributed by atoms with E-state index in [-0.39, 0.29) is 38.5 Å². The van der Waals surface area contributed by atoms with Crippen molar-refractivity contribution in [2.45, 2.75) is 57.6 Å². The Balaban J connectivity index is 1.49. The van der Waals surface area contributed by atoms with Crippen LogP contribution in [0.2, 0.25) is 0 Å². The third kappa shape index (κ3) is 6.51. The van der Waals surface area contributed by atoms with Gasteiger partial charge in [-0.2, -0.15) is 5.26 Å². The first-order chi connectivity index (χ1) is 18.6. The zero-order valence-corrected chi connectivity index (χ0v) is 22.6. The molecule has 1 saturated heterocycles. The summed E-state index contributed by atoms with van der Waals surface area (Å²) >= 11 is 0. The Bertz CT molecular complexity index is 1220. The molecule has 9 nitrogen and oxygen atoms in total. The van der Waals surface area contributed by atoms with Gasteiger partial charge in [0.25, 0.3) is 0 Å². The Kier molecular flexibility index (Phi) is 8.44. The van der Waals surface area contributed by atoms with E-state index in [1.807, 2.05) is 36.4 Å². The van der Waals surface area contributed by atoms with Gasteiger partial charge in [-0.15, -0.1) is 0 Å². The molecule has 0 aromatic heterocycles. The number of hydrogen-bond donors (Lipinski definition) is 1. The first-order valence-corrected chi connectivity index (χ1v) is 13.3. The molecule has 1 aliphatic carbocycles. The normalized spacial score (nSPS) is 18.5. The zero-order valence-electron chi connectivity index (χ0n) is 22.6. The number of hydrogen-bond acceptors (Lipinski definition) is 6. The number of fused-ring (bicyclic) bond motifs is 3. The van der Waals surface area contributed by atoms with Crippen molar-refractivity contribution in [3.63, 3.8) is 0 Å². The predicted molar refractivity (Wildman–Crippen MR) is 144 cm³/mol. The average molecular weight is 534 g/mol. The fourth-order valence-electron chi connectivity index (χ4n) is 5.40. The van der Waals surface area contributed by atoms with E-state index in [9.17, 15) is 19.6 Å². The van der Waals surface area contributed by atoms with Crippen LogP contribution in [0.1, 0.15) is 57.1 Å². The topological polar surface area (TPSA) is 120 Å². The average Bonchev–Trinajstić information content (AvgIpc) is 3.22. The van der Waals surface area contributed by atoms with Crippen molar-refractivity contribution in [1.29, 1.82) is 5.26 Å². The van der Waals surface area contributed by atoms with E-state index < -0.39 is 35.7 Å². The van der Waals surface area contributed by atoms with E-state index in [0.29, 0.717) is 13.0 Å². The van der Waals surface area contributed by atoms with Crippen molar-refractivity contribution in [3.8, 4) is 17.2 Å². The van der Waals surface area contributed by atoms with Crippen LogP contribution < -0.4 is 0 Å². The number of carboxylic acid groups (broad SMARTS) is 1. The molecule has 4 rings (SSSR count). The van der Waals surface area contributed by atoms with Gasteiger partial charge in [-0.1, -0.05) is 48.5 Å². The van der Waals surface area contributed by atoms with Crippen LogP contribution in [0.25, 0.3) is 11.1 Å². The molecule has 1 heterocycles. The summed E-state index contributed by atoms with van der Waals surface area (Å²) in [7, 11) is 0. The maximum atomic E-state index is 13.5. The second-order valence-corrected chi connectivity index (χ2v) is 11.0. The number of carbonyl (C=O) groups is 3. The SMILES string of the molecule is CC(C)(C)OC(=O)N1CCC(N(CCCC(=O)O)C(=O)OCC2c3ccccc3-c3ccccc32)C(C#N)C1. The van der Waals surface area contributed by atoms with Crippen molar-refractivity contribution >= 4 is 18.2 Å². The molecule has 2 amide bonds. The monoisotopic (exact) mass is 533 g/mol. The van der Waals surface area contributed by atoms with E-state index in [2.05, 4.69) is 18.2 Å². The largest absolute Gasteiger partial charge is 0.481 e. The van der Waals surface area contributed by atoms with Gasteiger partial charge >= 0.3 is 18.2 Å². The molecule has 0 saturated carbocycles. The second kappa shape index (κ2) is 11.8. The molecule has 0 bridgehead atoms. The number of carboxylic acids is 1. The lowest BCUT2D eigenvalue weighted by atomic mass is 9.92. The molecule has 206 valence electrons. The first kappa shape index (κ1) is 28.0. The van der Waals surface area contributed by atoms with Crippen LogP contribution >= 0.6 is 0 Å². The zero-order chi connectivity index (χ0) is 28.2. The summed E-state index contributed by atoms with van der Waals surface area (Å²) in [4.78, 5) is 40.3. The van der Waals surface area contributed by atoms with Crippen LogP contribution in [0.4, 0.5) is 9.59 Å². The fourth-order valence-corrected chi connectivity index (χ4v) is 5.40. The number of benzene rings is 2. The smallest absolute Gasteiger partial charge is 0.410 e. The lowest BCUT2D eigenvalue weighted by molar-refractivity contribution is -0.137. The van der Waals surface area contributed by atoms with Gasteiger partial charge in [-0.05, 0) is 55.9 Å². The van der Waals surface area contributed by atoms with Crippen molar-refractivity contribution in [3.05, 3.63) is 59.7 Å². The highest BCUT2D eigenvalue weighted by Gasteiger charge is 2.39. The molecule has 2 aromatic rings. The van der Waals surface area contributed by atoms with Gasteiger partial charge in [0.1, 0.15) is 12.2 Å². The van der Waals surface area contributed by atoms with Crippen LogP contribution in [0.15, 0.2) is 48.5 Å². The standard InChI is InChI=1S/C30H35N3O6/c1-30(2,3)39-28(36)32-16-14-26(20(17-31)18-32)33(15-8-13-27(34)35)29(37)38-19-25-23-11-6-4-9-21(23)22-10-5-7-12-24(22)25/h4-7,9-12,20,25-26H,8,13-16,18-19H2,1-3H3,(H,34,35). The summed E-state index contributed by atoms with van der Waals surface area (Å²) < 4.78 is 11.3. The lowest BCUT2D eigenvalue weighted by Gasteiger charge is -2.41. The number of carbonyl (C=O) groups excluding carboxylic acids is 2. The molecule has 1 N–H and O–H groups in total. The molecule has 1 fully saturated rings. The Morgan fingerprint density at radius 2 is 1.69 bits per heavy atom. The molecule has 0 spiro atoms. The van der Waals surface area contributed by atoms with E-state index in [1.165, 1.54) is 9.80 Å². The van der Waals surface area contributed by atoms with E-state index in [4.69, 9.17) is 14.6 Å². The summed E-state index contributed by atoms with van der Waals surface area (Å²) in [5.41, 5.74) is 3.74. The van der Waals surface area contributed by atoms with Crippen molar-refractivity contribution in [1.82, 2.24) is 9.80 Å². The number of nitrogens with zero attached hydrogens (tertiary/aromatic N) is 3. The number of piperidine rings is 1. The van der Waals surface area contributed by atoms with Crippen molar-refractivity contribution in [2.24, 2.45) is 5.92 Å². The summed E-state index contributed by atoms with van der Waals surface area (Å²) in [6.45, 7) is 6.02. The van der Waals surface area contributed by atoms with Crippen LogP contribution in [-0.4, -0.2) is 70.9 Å². The maximum Gasteiger partial charge on any atom is 0.410 e. The van der Waals surface area contributed by atoms with E-state index >= 15 is 0 Å². The Morgan fingerprint density at radius 1 is 1.08 bits per heavy atom. The highest BCUT2D eigenvalue weighted by atomic mass is 16.6. The summed E-state index contributed by atoms with van der Waals surface area (Å²) in [6, 6.07) is 17.8. The summed E-state index contributed by atoms with van der Waals surface area (Å²) in [6.07, 6.45) is -0.613. The second-order valence-electron chi connectivity index (χ2n) is 11.0. The van der Waals surface area contributed by atoms with Gasteiger partial charge in [-0.25, -0.2) is 9.59 Å². The molecular weight excluding hydrogens is 498 g/mol. The molecule has 2 aromatic carbocycles. The Labute approximate surface area is 228 Å². The van der Waals surface area contributed by atoms with E-state index in [0.717, 1.165) is 22.3 Å². The quantitative estimate of drug-likeness (QED) is 0.516. The summed E-state index contributed by atoms with van der Waals surface area (Å²) in [5.74, 6) is -1.75. The third-order valence-corrected chi connectivity index (χ3v) is 7.15. The van der Waals surface area contributed by atoms with Gasteiger partial charge in [0, 0.05) is 32.0 Å². The number of amides is 2. The minimum absolute atomic E-state index is 0.110. The molecule has 9 heteroatoms. The Hall–Kier alpha value is -4.06. The minimum atomic E-state index is -0.959. The van der Waals surface area contributed by atoms with Gasteiger partial charge in [0.2, 0.25) is 0 Å². The number of ether oxygens (including phenoxy) is 2. The summed E-state index contributed by atoms with van der Waals surface area (Å²) in [5, 5.41) is 19.1. The highest BCUT2D eigenvalue weighted by Crippen LogP contribution is 2.44. The van der Waals surface area contributed by atoms with Gasteiger partial charge in [0.15, 0.2) is 0 Å². The van der Waals surface area contributed by atoms with Crippen molar-refractivity contribution in [2.75, 3.05) is 26.2 Å². The van der Waals surface area contributed by atoms with Crippen LogP contribution in [0.5, 0.6) is 0 Å². The molecule has 2 unspecified atom stereocenters. The lowest BCUT2D eigenvalue weighted by Crippen LogP contribution is -2.54. The molecule has 2 aliphatic rings. The maximum absolute atomic E-state index is 13.5. The van der Waals surface area contributed by atoms with Gasteiger partial charge < -0.3 is 24.4 Å². The molecule has 1 aliphatic heterocycles. The van der Waals surface area contributed by atoms with Crippen LogP contribution in [0.3, 0.4) is 0 Å². The highest BCUT2D eigenvalue weighted by molar-refractivity contribution is 5.79. The van der Waals surface area contributed by atoms with Gasteiger partial charge in [-0.3, -0.25) is 4.79 Å². The number of nitriles is 1. The van der Waals surface area contributed by atoms with E-state index in [1.54, 1.807) is 20.8 Å². The number of likely N-dealkylation sites (tertiary alicyclic amines) is 1. The first-order valence-electron chi connectivity index (χ1n) is 13.3. The molecular formula is C30H35N3O6. The number of rotatable bonds is 7. The molecule has 39 heavy (non-hydrogen) atoms. The van der Waals surface area contributed by atoms with Crippen LogP contribution in [0, 0.1) is 17.2 Å². The minimum Gasteiger partial charge on any atom is -0.481 e. The Morgan fingerprint density at radius 3 is 2.26 bits per heavy atom. The molecule has 2 atom stereocenters. The third-order valence-electron chi connectivity index (χ3n) is 7.15. The number of aliphatic carboxylic acids is 1.